The van der Waals surface area contributed by atoms with E-state index in [0.29, 0.717) is 11.8 Å². The van der Waals surface area contributed by atoms with Gasteiger partial charge in [0.15, 0.2) is 0 Å². The molecule has 0 aromatic heterocycles. The molecule has 1 aromatic rings. The SMILES string of the molecule is CCCN(CCC)CCC(C)CC(c1ccc(Cl)cc1)C1C=C=CC=CN1. The smallest absolute Gasteiger partial charge is 0.0581 e. The largest absolute Gasteiger partial charge is 0.383 e. The summed E-state index contributed by atoms with van der Waals surface area (Å²) >= 11 is 6.12. The maximum atomic E-state index is 6.12. The second-order valence-corrected chi connectivity index (χ2v) is 8.12. The van der Waals surface area contributed by atoms with E-state index in [0.717, 1.165) is 11.4 Å². The first kappa shape index (κ1) is 21.8. The van der Waals surface area contributed by atoms with Crippen molar-refractivity contribution in [2.45, 2.75) is 58.4 Å². The van der Waals surface area contributed by atoms with Crippen LogP contribution in [0.1, 0.15) is 57.9 Å². The predicted octanol–water partition coefficient (Wildman–Crippen LogP) is 6.16. The average molecular weight is 387 g/mol. The third kappa shape index (κ3) is 7.58. The summed E-state index contributed by atoms with van der Waals surface area (Å²) in [4.78, 5) is 2.61. The Hall–Kier alpha value is -1.47. The molecular formula is C24H35ClN2. The van der Waals surface area contributed by atoms with Gasteiger partial charge in [-0.15, -0.1) is 5.73 Å². The fourth-order valence-electron chi connectivity index (χ4n) is 3.83. The number of nitrogens with one attached hydrogen (secondary N) is 1. The molecule has 0 aliphatic carbocycles. The Balaban J connectivity index is 2.05. The van der Waals surface area contributed by atoms with Crippen LogP contribution in [0.5, 0.6) is 0 Å². The molecule has 1 heterocycles. The van der Waals surface area contributed by atoms with E-state index in [2.05, 4.69) is 54.9 Å². The Morgan fingerprint density at radius 3 is 2.48 bits per heavy atom. The molecule has 2 rings (SSSR count). The molecule has 0 saturated heterocycles. The maximum Gasteiger partial charge on any atom is 0.0581 e. The van der Waals surface area contributed by atoms with E-state index >= 15 is 0 Å². The van der Waals surface area contributed by atoms with Gasteiger partial charge in [0, 0.05) is 10.9 Å². The summed E-state index contributed by atoms with van der Waals surface area (Å²) in [6.45, 7) is 10.6. The van der Waals surface area contributed by atoms with Crippen LogP contribution in [0.3, 0.4) is 0 Å². The van der Waals surface area contributed by atoms with Crippen LogP contribution >= 0.6 is 11.6 Å². The van der Waals surface area contributed by atoms with Crippen molar-refractivity contribution in [1.82, 2.24) is 10.2 Å². The fraction of sp³-hybridized carbons (Fsp3) is 0.542. The topological polar surface area (TPSA) is 15.3 Å². The van der Waals surface area contributed by atoms with Gasteiger partial charge in [0.1, 0.15) is 0 Å². The monoisotopic (exact) mass is 386 g/mol. The van der Waals surface area contributed by atoms with E-state index in [-0.39, 0.29) is 6.04 Å². The van der Waals surface area contributed by atoms with Gasteiger partial charge >= 0.3 is 0 Å². The van der Waals surface area contributed by atoms with Crippen molar-refractivity contribution < 1.29 is 0 Å². The van der Waals surface area contributed by atoms with Gasteiger partial charge in [0.05, 0.1) is 6.04 Å². The van der Waals surface area contributed by atoms with E-state index in [4.69, 9.17) is 11.6 Å². The van der Waals surface area contributed by atoms with Gasteiger partial charge in [-0.1, -0.05) is 44.5 Å². The van der Waals surface area contributed by atoms with Crippen molar-refractivity contribution in [3.63, 3.8) is 0 Å². The molecule has 0 spiro atoms. The van der Waals surface area contributed by atoms with Gasteiger partial charge in [0.2, 0.25) is 0 Å². The predicted molar refractivity (Wildman–Crippen MR) is 118 cm³/mol. The number of hydrogen-bond acceptors (Lipinski definition) is 2. The molecule has 3 unspecified atom stereocenters. The highest BCUT2D eigenvalue weighted by atomic mass is 35.5. The van der Waals surface area contributed by atoms with Crippen LogP contribution < -0.4 is 5.32 Å². The molecule has 27 heavy (non-hydrogen) atoms. The van der Waals surface area contributed by atoms with Gasteiger partial charge in [0.25, 0.3) is 0 Å². The first-order valence-electron chi connectivity index (χ1n) is 10.5. The van der Waals surface area contributed by atoms with Crippen molar-refractivity contribution in [1.29, 1.82) is 0 Å². The zero-order valence-electron chi connectivity index (χ0n) is 17.1. The van der Waals surface area contributed by atoms with Crippen LogP contribution in [0.4, 0.5) is 0 Å². The minimum absolute atomic E-state index is 0.256. The van der Waals surface area contributed by atoms with E-state index in [9.17, 15) is 0 Å². The van der Waals surface area contributed by atoms with Crippen LogP contribution in [0.15, 0.2) is 54.4 Å². The third-order valence-electron chi connectivity index (χ3n) is 5.26. The minimum Gasteiger partial charge on any atom is -0.383 e. The van der Waals surface area contributed by atoms with E-state index < -0.39 is 0 Å². The first-order chi connectivity index (χ1) is 13.1. The molecule has 0 saturated carbocycles. The van der Waals surface area contributed by atoms with Gasteiger partial charge in [-0.3, -0.25) is 0 Å². The Labute approximate surface area is 171 Å². The zero-order valence-corrected chi connectivity index (χ0v) is 17.9. The quantitative estimate of drug-likeness (QED) is 0.458. The van der Waals surface area contributed by atoms with Crippen molar-refractivity contribution in [2.24, 2.45) is 5.92 Å². The molecule has 3 heteroatoms. The molecule has 1 N–H and O–H groups in total. The summed E-state index contributed by atoms with van der Waals surface area (Å²) in [5, 5.41) is 4.33. The summed E-state index contributed by atoms with van der Waals surface area (Å²) in [5.74, 6) is 1.07. The highest BCUT2D eigenvalue weighted by molar-refractivity contribution is 6.30. The lowest BCUT2D eigenvalue weighted by Crippen LogP contribution is -2.31. The molecule has 1 aliphatic rings. The summed E-state index contributed by atoms with van der Waals surface area (Å²) < 4.78 is 0. The van der Waals surface area contributed by atoms with E-state index in [1.54, 1.807) is 0 Å². The number of rotatable bonds is 11. The number of allylic oxidation sites excluding steroid dienone is 1. The lowest BCUT2D eigenvalue weighted by molar-refractivity contribution is 0.247. The van der Waals surface area contributed by atoms with E-state index in [1.165, 1.54) is 44.5 Å². The van der Waals surface area contributed by atoms with Gasteiger partial charge in [-0.2, -0.15) is 0 Å². The standard InChI is InChI=1S/C24H35ClN2/c1-4-16-27(17-5-2)18-14-20(3)19-23(21-10-12-22(25)13-11-21)24-9-7-6-8-15-26-24/h6,8-13,15,20,23-24,26H,4-5,14,16-19H2,1-3H3. The van der Waals surface area contributed by atoms with Crippen LogP contribution in [0, 0.1) is 5.92 Å². The second kappa shape index (κ2) is 12.1. The Morgan fingerprint density at radius 1 is 1.11 bits per heavy atom. The van der Waals surface area contributed by atoms with Crippen molar-refractivity contribution in [3.05, 3.63) is 65.0 Å². The summed E-state index contributed by atoms with van der Waals surface area (Å²) in [5.41, 5.74) is 4.63. The van der Waals surface area contributed by atoms with E-state index in [1.807, 2.05) is 30.5 Å². The van der Waals surface area contributed by atoms with Crippen molar-refractivity contribution in [2.75, 3.05) is 19.6 Å². The Morgan fingerprint density at radius 2 is 1.81 bits per heavy atom. The Kier molecular flexibility index (Phi) is 9.77. The minimum atomic E-state index is 0.256. The molecule has 0 amide bonds. The highest BCUT2D eigenvalue weighted by Crippen LogP contribution is 2.30. The Bertz CT molecular complexity index is 622. The van der Waals surface area contributed by atoms with Crippen molar-refractivity contribution >= 4 is 11.6 Å². The van der Waals surface area contributed by atoms with Gasteiger partial charge < -0.3 is 10.2 Å². The lowest BCUT2D eigenvalue weighted by atomic mass is 9.83. The summed E-state index contributed by atoms with van der Waals surface area (Å²) in [7, 11) is 0. The molecule has 3 atom stereocenters. The lowest BCUT2D eigenvalue weighted by Gasteiger charge is -2.29. The molecule has 0 bridgehead atoms. The van der Waals surface area contributed by atoms with Crippen LogP contribution in [-0.2, 0) is 0 Å². The molecule has 0 radical (unpaired) electrons. The molecular weight excluding hydrogens is 352 g/mol. The van der Waals surface area contributed by atoms with Crippen molar-refractivity contribution in [3.8, 4) is 0 Å². The molecule has 1 aromatic carbocycles. The molecule has 0 fully saturated rings. The summed E-state index contributed by atoms with van der Waals surface area (Å²) in [6.07, 6.45) is 13.0. The molecule has 2 nitrogen and oxygen atoms in total. The third-order valence-corrected chi connectivity index (χ3v) is 5.51. The number of hydrogen-bond donors (Lipinski definition) is 1. The zero-order chi connectivity index (χ0) is 19.5. The van der Waals surface area contributed by atoms with Gasteiger partial charge in [-0.25, -0.2) is 0 Å². The number of benzene rings is 1. The molecule has 1 aliphatic heterocycles. The summed E-state index contributed by atoms with van der Waals surface area (Å²) in [6, 6.07) is 8.61. The highest BCUT2D eigenvalue weighted by Gasteiger charge is 2.23. The maximum absolute atomic E-state index is 6.12. The van der Waals surface area contributed by atoms with Crippen LogP contribution in [0.2, 0.25) is 5.02 Å². The number of nitrogens with zero attached hydrogens (tertiary/aromatic N) is 1. The van der Waals surface area contributed by atoms with Crippen LogP contribution in [-0.4, -0.2) is 30.6 Å². The number of halogens is 1. The van der Waals surface area contributed by atoms with Gasteiger partial charge in [-0.05, 0) is 93.4 Å². The fourth-order valence-corrected chi connectivity index (χ4v) is 3.96. The average Bonchev–Trinajstić information content (AvgIpc) is 2.95. The first-order valence-corrected chi connectivity index (χ1v) is 10.8. The second-order valence-electron chi connectivity index (χ2n) is 7.68. The molecule has 148 valence electrons. The normalized spacial score (nSPS) is 18.3. The van der Waals surface area contributed by atoms with Crippen LogP contribution in [0.25, 0.3) is 0 Å².